The predicted molar refractivity (Wildman–Crippen MR) is 105 cm³/mol. The van der Waals surface area contributed by atoms with Crippen LogP contribution in [0, 0.1) is 5.92 Å². The minimum atomic E-state index is -3.67. The van der Waals surface area contributed by atoms with E-state index in [1.54, 1.807) is 18.2 Å². The second-order valence-corrected chi connectivity index (χ2v) is 8.95. The van der Waals surface area contributed by atoms with Crippen LogP contribution in [0.15, 0.2) is 34.2 Å². The van der Waals surface area contributed by atoms with Crippen LogP contribution in [0.3, 0.4) is 0 Å². The Labute approximate surface area is 165 Å². The molecule has 28 heavy (non-hydrogen) atoms. The van der Waals surface area contributed by atoms with Crippen molar-refractivity contribution >= 4 is 27.7 Å². The molecule has 0 saturated carbocycles. The van der Waals surface area contributed by atoms with Crippen LogP contribution in [0.5, 0.6) is 0 Å². The van der Waals surface area contributed by atoms with E-state index in [9.17, 15) is 18.0 Å². The standard InChI is InChI=1S/C19H27N3O5S/c1-12(2)9-10-13(3)20-17(23)11-27-19(24)14(4)21-18-15-7-5-6-8-16(15)28(25,26)22-18/h5-8,12-14H,9-11H2,1-4H3,(H,20,23)(H,21,22)/t13-,14+/m1/s1. The van der Waals surface area contributed by atoms with E-state index in [1.807, 2.05) is 6.92 Å². The summed E-state index contributed by atoms with van der Waals surface area (Å²) >= 11 is 0. The molecule has 1 aromatic rings. The summed E-state index contributed by atoms with van der Waals surface area (Å²) in [5.74, 6) is -0.445. The zero-order valence-corrected chi connectivity index (χ0v) is 17.4. The molecule has 0 aliphatic carbocycles. The summed E-state index contributed by atoms with van der Waals surface area (Å²) in [5, 5.41) is 2.78. The van der Waals surface area contributed by atoms with Crippen LogP contribution in [0.1, 0.15) is 46.1 Å². The van der Waals surface area contributed by atoms with Crippen molar-refractivity contribution in [3.05, 3.63) is 29.8 Å². The zero-order valence-electron chi connectivity index (χ0n) is 16.6. The number of nitrogens with one attached hydrogen (secondary N) is 2. The molecule has 2 N–H and O–H groups in total. The molecule has 1 aliphatic heterocycles. The van der Waals surface area contributed by atoms with Crippen molar-refractivity contribution in [1.29, 1.82) is 0 Å². The number of nitrogens with zero attached hydrogens (tertiary/aromatic N) is 1. The van der Waals surface area contributed by atoms with Gasteiger partial charge in [-0.1, -0.05) is 26.0 Å². The molecule has 0 spiro atoms. The number of carbonyl (C=O) groups excluding carboxylic acids is 2. The Balaban J connectivity index is 1.90. The van der Waals surface area contributed by atoms with E-state index in [-0.39, 0.29) is 22.7 Å². The molecule has 2 atom stereocenters. The lowest BCUT2D eigenvalue weighted by molar-refractivity contribution is -0.149. The van der Waals surface area contributed by atoms with Gasteiger partial charge in [0, 0.05) is 11.6 Å². The SMILES string of the molecule is CC(C)CC[C@@H](C)NC(=O)COC(=O)[C@H](C)N=C1NS(=O)(=O)c2ccccc21. The molecule has 0 unspecified atom stereocenters. The second-order valence-electron chi connectivity index (χ2n) is 7.30. The van der Waals surface area contributed by atoms with Crippen molar-refractivity contribution in [3.63, 3.8) is 0 Å². The number of rotatable bonds is 8. The summed E-state index contributed by atoms with van der Waals surface area (Å²) in [5.41, 5.74) is 0.402. The predicted octanol–water partition coefficient (Wildman–Crippen LogP) is 1.60. The summed E-state index contributed by atoms with van der Waals surface area (Å²) in [6.45, 7) is 7.21. The lowest BCUT2D eigenvalue weighted by atomic mass is 10.0. The number of fused-ring (bicyclic) bond motifs is 1. The third-order valence-electron chi connectivity index (χ3n) is 4.26. The maximum atomic E-state index is 12.1. The van der Waals surface area contributed by atoms with Crippen molar-refractivity contribution in [2.24, 2.45) is 10.9 Å². The van der Waals surface area contributed by atoms with E-state index >= 15 is 0 Å². The molecule has 154 valence electrons. The van der Waals surface area contributed by atoms with Crippen LogP contribution in [0.25, 0.3) is 0 Å². The highest BCUT2D eigenvalue weighted by Gasteiger charge is 2.31. The Bertz CT molecular complexity index is 864. The van der Waals surface area contributed by atoms with Gasteiger partial charge in [-0.25, -0.2) is 13.2 Å². The highest BCUT2D eigenvalue weighted by molar-refractivity contribution is 7.90. The first-order chi connectivity index (χ1) is 13.1. The Morgan fingerprint density at radius 2 is 1.82 bits per heavy atom. The lowest BCUT2D eigenvalue weighted by Gasteiger charge is -2.15. The van der Waals surface area contributed by atoms with Gasteiger partial charge in [-0.3, -0.25) is 14.5 Å². The fraction of sp³-hybridized carbons (Fsp3) is 0.526. The van der Waals surface area contributed by atoms with Gasteiger partial charge in [-0.05, 0) is 44.7 Å². The third kappa shape index (κ3) is 5.79. The molecular weight excluding hydrogens is 382 g/mol. The van der Waals surface area contributed by atoms with E-state index < -0.39 is 28.6 Å². The molecule has 0 fully saturated rings. The average Bonchev–Trinajstić information content (AvgIpc) is 2.88. The normalized spacial score (nSPS) is 18.2. The fourth-order valence-corrected chi connectivity index (χ4v) is 3.94. The molecule has 1 amide bonds. The Kier molecular flexibility index (Phi) is 7.17. The molecule has 2 rings (SSSR count). The van der Waals surface area contributed by atoms with Crippen LogP contribution in [0.4, 0.5) is 0 Å². The van der Waals surface area contributed by atoms with Crippen LogP contribution in [0.2, 0.25) is 0 Å². The molecule has 9 heteroatoms. The monoisotopic (exact) mass is 409 g/mol. The molecule has 1 aliphatic rings. The van der Waals surface area contributed by atoms with Gasteiger partial charge in [-0.2, -0.15) is 0 Å². The maximum Gasteiger partial charge on any atom is 0.331 e. The van der Waals surface area contributed by atoms with Gasteiger partial charge in [0.2, 0.25) is 0 Å². The first-order valence-electron chi connectivity index (χ1n) is 9.26. The summed E-state index contributed by atoms with van der Waals surface area (Å²) in [6.07, 6.45) is 1.84. The van der Waals surface area contributed by atoms with E-state index in [4.69, 9.17) is 4.74 Å². The van der Waals surface area contributed by atoms with Crippen molar-refractivity contribution < 1.29 is 22.7 Å². The van der Waals surface area contributed by atoms with Gasteiger partial charge in [0.25, 0.3) is 15.9 Å². The quantitative estimate of drug-likeness (QED) is 0.633. The van der Waals surface area contributed by atoms with Gasteiger partial charge in [0.1, 0.15) is 11.9 Å². The smallest absolute Gasteiger partial charge is 0.331 e. The van der Waals surface area contributed by atoms with Crippen molar-refractivity contribution in [2.45, 2.75) is 57.5 Å². The molecule has 0 bridgehead atoms. The zero-order chi connectivity index (χ0) is 20.9. The minimum absolute atomic E-state index is 0.00401. The number of amides is 1. The van der Waals surface area contributed by atoms with Gasteiger partial charge >= 0.3 is 5.97 Å². The average molecular weight is 410 g/mol. The highest BCUT2D eigenvalue weighted by Crippen LogP contribution is 2.22. The van der Waals surface area contributed by atoms with Gasteiger partial charge < -0.3 is 10.1 Å². The van der Waals surface area contributed by atoms with Crippen molar-refractivity contribution in [1.82, 2.24) is 10.0 Å². The number of carbonyl (C=O) groups is 2. The number of esters is 1. The largest absolute Gasteiger partial charge is 0.454 e. The minimum Gasteiger partial charge on any atom is -0.454 e. The number of hydrogen-bond acceptors (Lipinski definition) is 6. The number of amidine groups is 1. The molecule has 0 aromatic heterocycles. The van der Waals surface area contributed by atoms with Crippen LogP contribution >= 0.6 is 0 Å². The molecule has 1 heterocycles. The van der Waals surface area contributed by atoms with Gasteiger partial charge in [0.05, 0.1) is 4.90 Å². The van der Waals surface area contributed by atoms with E-state index in [1.165, 1.54) is 13.0 Å². The topological polar surface area (TPSA) is 114 Å². The first kappa shape index (κ1) is 21.9. The third-order valence-corrected chi connectivity index (χ3v) is 5.65. The van der Waals surface area contributed by atoms with Crippen LogP contribution < -0.4 is 10.0 Å². The number of sulfonamides is 1. The van der Waals surface area contributed by atoms with Crippen LogP contribution in [-0.4, -0.2) is 44.8 Å². The fourth-order valence-electron chi connectivity index (χ4n) is 2.71. The summed E-state index contributed by atoms with van der Waals surface area (Å²) in [4.78, 5) is 28.3. The highest BCUT2D eigenvalue weighted by atomic mass is 32.2. The summed E-state index contributed by atoms with van der Waals surface area (Å²) in [6, 6.07) is 5.40. The molecule has 1 aromatic carbocycles. The van der Waals surface area contributed by atoms with Gasteiger partial charge in [-0.15, -0.1) is 0 Å². The molecular formula is C19H27N3O5S. The Morgan fingerprint density at radius 1 is 1.14 bits per heavy atom. The van der Waals surface area contributed by atoms with Gasteiger partial charge in [0.15, 0.2) is 6.61 Å². The lowest BCUT2D eigenvalue weighted by Crippen LogP contribution is -2.37. The number of hydrogen-bond donors (Lipinski definition) is 2. The van der Waals surface area contributed by atoms with E-state index in [0.717, 1.165) is 12.8 Å². The van der Waals surface area contributed by atoms with Crippen molar-refractivity contribution in [3.8, 4) is 0 Å². The number of aliphatic imine (C=N–C) groups is 1. The molecule has 0 radical (unpaired) electrons. The Hall–Kier alpha value is -2.42. The van der Waals surface area contributed by atoms with E-state index in [2.05, 4.69) is 28.9 Å². The second kappa shape index (κ2) is 9.18. The summed E-state index contributed by atoms with van der Waals surface area (Å²) in [7, 11) is -3.67. The molecule has 8 nitrogen and oxygen atoms in total. The maximum absolute atomic E-state index is 12.1. The van der Waals surface area contributed by atoms with Crippen molar-refractivity contribution in [2.75, 3.05) is 6.61 Å². The van der Waals surface area contributed by atoms with E-state index in [0.29, 0.717) is 11.5 Å². The number of benzene rings is 1. The van der Waals surface area contributed by atoms with Crippen LogP contribution in [-0.2, 0) is 24.3 Å². The summed E-state index contributed by atoms with van der Waals surface area (Å²) < 4.78 is 31.5. The Morgan fingerprint density at radius 3 is 2.50 bits per heavy atom. The number of ether oxygens (including phenoxy) is 1. The first-order valence-corrected chi connectivity index (χ1v) is 10.7. The molecule has 0 saturated heterocycles.